The van der Waals surface area contributed by atoms with Gasteiger partial charge in [0.15, 0.2) is 0 Å². The lowest BCUT2D eigenvalue weighted by atomic mass is 10.0. The van der Waals surface area contributed by atoms with Crippen LogP contribution in [-0.4, -0.2) is 46.1 Å². The second-order valence-electron chi connectivity index (χ2n) is 6.29. The Morgan fingerprint density at radius 3 is 2.73 bits per heavy atom. The van der Waals surface area contributed by atoms with E-state index in [0.717, 1.165) is 49.9 Å². The molecule has 4 heterocycles. The van der Waals surface area contributed by atoms with Gasteiger partial charge in [-0.05, 0) is 26.3 Å². The van der Waals surface area contributed by atoms with E-state index in [1.807, 2.05) is 6.92 Å². The number of nitrogens with zero attached hydrogens (tertiary/aromatic N) is 5. The number of rotatable bonds is 3. The summed E-state index contributed by atoms with van der Waals surface area (Å²) in [7, 11) is 0. The zero-order valence-corrected chi connectivity index (χ0v) is 13.1. The predicted octanol–water partition coefficient (Wildman–Crippen LogP) is 1.86. The average molecular weight is 299 g/mol. The maximum atomic E-state index is 5.46. The summed E-state index contributed by atoms with van der Waals surface area (Å²) < 4.78 is 7.59. The number of hydrogen-bond donors (Lipinski definition) is 0. The summed E-state index contributed by atoms with van der Waals surface area (Å²) in [4.78, 5) is 11.1. The molecule has 0 bridgehead atoms. The molecule has 2 saturated heterocycles. The highest BCUT2D eigenvalue weighted by molar-refractivity contribution is 5.43. The van der Waals surface area contributed by atoms with Gasteiger partial charge in [-0.2, -0.15) is 5.10 Å². The molecule has 6 heteroatoms. The van der Waals surface area contributed by atoms with Crippen molar-refractivity contribution in [3.05, 3.63) is 35.5 Å². The van der Waals surface area contributed by atoms with Crippen molar-refractivity contribution in [2.75, 3.05) is 31.2 Å². The Bertz CT molecular complexity index is 671. The summed E-state index contributed by atoms with van der Waals surface area (Å²) in [5, 5.41) is 4.58. The number of aromatic nitrogens is 4. The van der Waals surface area contributed by atoms with Gasteiger partial charge in [0.2, 0.25) is 0 Å². The molecular formula is C16H21N5O. The zero-order chi connectivity index (χ0) is 15.1. The van der Waals surface area contributed by atoms with Gasteiger partial charge in [0.1, 0.15) is 12.1 Å². The largest absolute Gasteiger partial charge is 0.381 e. The molecule has 0 aromatic carbocycles. The molecule has 0 saturated carbocycles. The van der Waals surface area contributed by atoms with Crippen molar-refractivity contribution in [3.63, 3.8) is 0 Å². The van der Waals surface area contributed by atoms with Gasteiger partial charge >= 0.3 is 0 Å². The first-order valence-corrected chi connectivity index (χ1v) is 7.88. The minimum atomic E-state index is 0.426. The van der Waals surface area contributed by atoms with E-state index in [9.17, 15) is 0 Å². The molecule has 2 aliphatic heterocycles. The number of aryl methyl sites for hydroxylation is 2. The molecule has 0 radical (unpaired) electrons. The fourth-order valence-electron chi connectivity index (χ4n) is 3.34. The predicted molar refractivity (Wildman–Crippen MR) is 83.2 cm³/mol. The van der Waals surface area contributed by atoms with Crippen LogP contribution in [-0.2, 0) is 4.74 Å². The van der Waals surface area contributed by atoms with Crippen molar-refractivity contribution in [2.45, 2.75) is 32.2 Å². The standard InChI is InChI=1S/C16H21N5O/c1-11-5-12(2)21(19-11)14-7-20(8-14)16-6-15(17-10-18-16)13-3-4-22-9-13/h5-6,10,13-14H,3-4,7-9H2,1-2H3. The van der Waals surface area contributed by atoms with Crippen LogP contribution in [0.5, 0.6) is 0 Å². The fraction of sp³-hybridized carbons (Fsp3) is 0.562. The molecule has 2 fully saturated rings. The quantitative estimate of drug-likeness (QED) is 0.866. The Hall–Kier alpha value is -1.95. The lowest BCUT2D eigenvalue weighted by Gasteiger charge is -2.40. The second-order valence-corrected chi connectivity index (χ2v) is 6.29. The Morgan fingerprint density at radius 1 is 1.18 bits per heavy atom. The van der Waals surface area contributed by atoms with Crippen LogP contribution in [0.2, 0.25) is 0 Å². The van der Waals surface area contributed by atoms with Gasteiger partial charge in [-0.3, -0.25) is 4.68 Å². The van der Waals surface area contributed by atoms with E-state index in [2.05, 4.69) is 43.7 Å². The highest BCUT2D eigenvalue weighted by atomic mass is 16.5. The first-order valence-electron chi connectivity index (χ1n) is 7.88. The molecule has 0 N–H and O–H groups in total. The first kappa shape index (κ1) is 13.7. The van der Waals surface area contributed by atoms with E-state index in [1.54, 1.807) is 6.33 Å². The van der Waals surface area contributed by atoms with Crippen LogP contribution >= 0.6 is 0 Å². The van der Waals surface area contributed by atoms with Gasteiger partial charge in [-0.15, -0.1) is 0 Å². The van der Waals surface area contributed by atoms with E-state index < -0.39 is 0 Å². The molecule has 0 amide bonds. The van der Waals surface area contributed by atoms with Gasteiger partial charge in [0, 0.05) is 37.4 Å². The number of ether oxygens (including phenoxy) is 1. The van der Waals surface area contributed by atoms with Crippen molar-refractivity contribution in [2.24, 2.45) is 0 Å². The van der Waals surface area contributed by atoms with Gasteiger partial charge in [0.05, 0.1) is 24.0 Å². The molecule has 2 aliphatic rings. The molecule has 0 aliphatic carbocycles. The van der Waals surface area contributed by atoms with Crippen LogP contribution in [0, 0.1) is 13.8 Å². The van der Waals surface area contributed by atoms with Crippen molar-refractivity contribution in [3.8, 4) is 0 Å². The Labute approximate surface area is 130 Å². The van der Waals surface area contributed by atoms with E-state index in [1.165, 1.54) is 5.69 Å². The SMILES string of the molecule is Cc1cc(C)n(C2CN(c3cc(C4CCOC4)ncn3)C2)n1. The van der Waals surface area contributed by atoms with Gasteiger partial charge in [0.25, 0.3) is 0 Å². The van der Waals surface area contributed by atoms with Crippen LogP contribution in [0.25, 0.3) is 0 Å². The Kier molecular flexibility index (Phi) is 3.33. The third-order valence-corrected chi connectivity index (χ3v) is 4.60. The topological polar surface area (TPSA) is 56.1 Å². The molecule has 1 atom stereocenters. The maximum Gasteiger partial charge on any atom is 0.132 e. The van der Waals surface area contributed by atoms with Gasteiger partial charge in [-0.1, -0.05) is 0 Å². The summed E-state index contributed by atoms with van der Waals surface area (Å²) >= 11 is 0. The molecule has 116 valence electrons. The lowest BCUT2D eigenvalue weighted by molar-refractivity contribution is 0.193. The van der Waals surface area contributed by atoms with Crippen molar-refractivity contribution >= 4 is 5.82 Å². The monoisotopic (exact) mass is 299 g/mol. The summed E-state index contributed by atoms with van der Waals surface area (Å²) in [5.41, 5.74) is 3.42. The third-order valence-electron chi connectivity index (χ3n) is 4.60. The highest BCUT2D eigenvalue weighted by Gasteiger charge is 2.31. The second kappa shape index (κ2) is 5.35. The fourth-order valence-corrected chi connectivity index (χ4v) is 3.34. The average Bonchev–Trinajstić information content (AvgIpc) is 3.08. The Morgan fingerprint density at radius 2 is 2.05 bits per heavy atom. The van der Waals surface area contributed by atoms with E-state index in [4.69, 9.17) is 4.74 Å². The molecule has 2 aromatic heterocycles. The number of hydrogen-bond acceptors (Lipinski definition) is 5. The van der Waals surface area contributed by atoms with Crippen molar-refractivity contribution in [1.29, 1.82) is 0 Å². The van der Waals surface area contributed by atoms with Crippen LogP contribution in [0.1, 0.15) is 35.5 Å². The van der Waals surface area contributed by atoms with Gasteiger partial charge in [-0.25, -0.2) is 9.97 Å². The molecule has 6 nitrogen and oxygen atoms in total. The molecule has 4 rings (SSSR count). The minimum absolute atomic E-state index is 0.426. The molecule has 1 unspecified atom stereocenters. The van der Waals surface area contributed by atoms with Crippen LogP contribution in [0.3, 0.4) is 0 Å². The summed E-state index contributed by atoms with van der Waals surface area (Å²) in [6.45, 7) is 7.70. The Balaban J connectivity index is 1.46. The lowest BCUT2D eigenvalue weighted by Crippen LogP contribution is -2.48. The van der Waals surface area contributed by atoms with E-state index in [-0.39, 0.29) is 0 Å². The number of anilines is 1. The van der Waals surface area contributed by atoms with E-state index in [0.29, 0.717) is 12.0 Å². The smallest absolute Gasteiger partial charge is 0.132 e. The zero-order valence-electron chi connectivity index (χ0n) is 13.1. The molecule has 0 spiro atoms. The third kappa shape index (κ3) is 2.37. The maximum absolute atomic E-state index is 5.46. The van der Waals surface area contributed by atoms with Crippen molar-refractivity contribution < 1.29 is 4.74 Å². The summed E-state index contributed by atoms with van der Waals surface area (Å²) in [5.74, 6) is 1.45. The first-order chi connectivity index (χ1) is 10.7. The minimum Gasteiger partial charge on any atom is -0.381 e. The van der Waals surface area contributed by atoms with Gasteiger partial charge < -0.3 is 9.64 Å². The van der Waals surface area contributed by atoms with Crippen LogP contribution in [0.4, 0.5) is 5.82 Å². The van der Waals surface area contributed by atoms with E-state index >= 15 is 0 Å². The summed E-state index contributed by atoms with van der Waals surface area (Å²) in [6, 6.07) is 4.70. The molecule has 2 aromatic rings. The van der Waals surface area contributed by atoms with Crippen molar-refractivity contribution in [1.82, 2.24) is 19.7 Å². The van der Waals surface area contributed by atoms with Crippen LogP contribution in [0.15, 0.2) is 18.5 Å². The summed E-state index contributed by atoms with van der Waals surface area (Å²) in [6.07, 6.45) is 2.74. The normalized spacial score (nSPS) is 22.1. The molecule has 22 heavy (non-hydrogen) atoms. The molecular weight excluding hydrogens is 278 g/mol. The highest BCUT2D eigenvalue weighted by Crippen LogP contribution is 2.30. The van der Waals surface area contributed by atoms with Crippen LogP contribution < -0.4 is 4.90 Å².